The maximum atomic E-state index is 12.5. The van der Waals surface area contributed by atoms with Gasteiger partial charge in [0.15, 0.2) is 0 Å². The number of carbonyl (C=O) groups excluding carboxylic acids is 1. The van der Waals surface area contributed by atoms with Crippen LogP contribution < -0.4 is 16.0 Å². The van der Waals surface area contributed by atoms with Crippen molar-refractivity contribution in [1.29, 1.82) is 5.26 Å². The van der Waals surface area contributed by atoms with Crippen LogP contribution in [0.2, 0.25) is 0 Å². The second kappa shape index (κ2) is 10.3. The predicted molar refractivity (Wildman–Crippen MR) is 140 cm³/mol. The van der Waals surface area contributed by atoms with Gasteiger partial charge in [-0.3, -0.25) is 4.79 Å². The fourth-order valence-electron chi connectivity index (χ4n) is 4.55. The van der Waals surface area contributed by atoms with Gasteiger partial charge in [-0.05, 0) is 51.7 Å². The minimum atomic E-state index is -0.171. The Kier molecular flexibility index (Phi) is 7.19. The van der Waals surface area contributed by atoms with Crippen molar-refractivity contribution in [2.24, 2.45) is 10.7 Å². The van der Waals surface area contributed by atoms with E-state index in [1.165, 1.54) is 0 Å². The molecule has 0 bridgehead atoms. The molecule has 1 aliphatic rings. The summed E-state index contributed by atoms with van der Waals surface area (Å²) < 4.78 is -0.101. The molecule has 1 amide bonds. The Bertz CT molecular complexity index is 1320. The first kappa shape index (κ1) is 25.1. The number of benzene rings is 1. The molecule has 4 N–H and O–H groups in total. The molecule has 1 unspecified atom stereocenters. The van der Waals surface area contributed by atoms with Crippen LogP contribution >= 0.6 is 0 Å². The lowest BCUT2D eigenvalue weighted by atomic mass is 10.1. The highest BCUT2D eigenvalue weighted by atomic mass is 16.1. The first-order valence-corrected chi connectivity index (χ1v) is 12.0. The van der Waals surface area contributed by atoms with E-state index in [9.17, 15) is 10.1 Å². The van der Waals surface area contributed by atoms with E-state index >= 15 is 0 Å². The van der Waals surface area contributed by atoms with Gasteiger partial charge in [-0.1, -0.05) is 6.07 Å². The first-order chi connectivity index (χ1) is 17.2. The summed E-state index contributed by atoms with van der Waals surface area (Å²) in [4.78, 5) is 33.3. The number of anilines is 1. The largest absolute Gasteiger partial charge is 0.351 e. The number of rotatable bonds is 6. The molecule has 0 saturated carbocycles. The zero-order chi connectivity index (χ0) is 25.9. The van der Waals surface area contributed by atoms with Crippen LogP contribution in [0.4, 0.5) is 11.5 Å². The molecule has 4 rings (SSSR count). The number of amides is 1. The highest BCUT2D eigenvalue weighted by molar-refractivity contribution is 5.95. The average molecular weight is 490 g/mol. The number of aryl methyl sites for hydroxylation is 1. The molecule has 0 spiro atoms. The zero-order valence-corrected chi connectivity index (χ0v) is 21.2. The molecule has 1 aromatic carbocycles. The summed E-state index contributed by atoms with van der Waals surface area (Å²) in [5.74, 6) is 0.889. The molecule has 36 heavy (non-hydrogen) atoms. The smallest absolute Gasteiger partial charge is 0.317 e. The van der Waals surface area contributed by atoms with Crippen molar-refractivity contribution in [3.05, 3.63) is 47.9 Å². The second-order valence-electron chi connectivity index (χ2n) is 9.46. The van der Waals surface area contributed by atoms with E-state index in [2.05, 4.69) is 36.4 Å². The number of nitrogens with zero attached hydrogens (tertiary/aromatic N) is 7. The number of aliphatic imine (C=N–C) groups is 1. The standard InChI is InChI=1S/C25H32N10O/c1-17-13-29-22-21(17)23(31-16-30-22)34-10-11-35(15-26,18(2)14-34)25(27)32-20-7-5-6-19(12-20)24(36)28-8-9-33(3)4/h5-7,12-13,16,18H,8-11,14H2,1-4H3,(H3-,27,28,29,30,31,32,36)/p+1/t18?,35-/m0/s1. The van der Waals surface area contributed by atoms with Crippen LogP contribution in [0.15, 0.2) is 41.8 Å². The number of fused-ring (bicyclic) bond motifs is 1. The van der Waals surface area contributed by atoms with Gasteiger partial charge in [-0.15, -0.1) is 5.26 Å². The highest BCUT2D eigenvalue weighted by Crippen LogP contribution is 2.30. The molecular weight excluding hydrogens is 456 g/mol. The number of hydrogen-bond donors (Lipinski definition) is 3. The minimum Gasteiger partial charge on any atom is -0.351 e. The molecule has 188 valence electrons. The van der Waals surface area contributed by atoms with Gasteiger partial charge < -0.3 is 25.8 Å². The Morgan fingerprint density at radius 1 is 1.42 bits per heavy atom. The molecule has 1 saturated heterocycles. The topological polar surface area (TPSA) is 139 Å². The van der Waals surface area contributed by atoms with E-state index in [0.717, 1.165) is 29.0 Å². The van der Waals surface area contributed by atoms with Crippen LogP contribution in [-0.4, -0.2) is 89.1 Å². The van der Waals surface area contributed by atoms with E-state index in [4.69, 9.17) is 5.73 Å². The summed E-state index contributed by atoms with van der Waals surface area (Å²) >= 11 is 0. The summed E-state index contributed by atoms with van der Waals surface area (Å²) in [6, 6.07) is 6.82. The van der Waals surface area contributed by atoms with Crippen LogP contribution in [-0.2, 0) is 0 Å². The fourth-order valence-corrected chi connectivity index (χ4v) is 4.55. The lowest BCUT2D eigenvalue weighted by Crippen LogP contribution is -2.67. The Labute approximate surface area is 210 Å². The van der Waals surface area contributed by atoms with E-state index in [1.807, 2.05) is 39.0 Å². The lowest BCUT2D eigenvalue weighted by molar-refractivity contribution is -0.802. The zero-order valence-electron chi connectivity index (χ0n) is 21.2. The molecule has 2 atom stereocenters. The van der Waals surface area contributed by atoms with Crippen LogP contribution in [0.5, 0.6) is 0 Å². The molecule has 3 heterocycles. The summed E-state index contributed by atoms with van der Waals surface area (Å²) in [6.45, 7) is 6.92. The van der Waals surface area contributed by atoms with Crippen molar-refractivity contribution >= 4 is 34.4 Å². The van der Waals surface area contributed by atoms with E-state index in [-0.39, 0.29) is 22.4 Å². The number of likely N-dealkylation sites (N-methyl/N-ethyl adjacent to an activating group) is 1. The summed E-state index contributed by atoms with van der Waals surface area (Å²) in [5.41, 5.74) is 9.39. The van der Waals surface area contributed by atoms with Crippen LogP contribution in [0.3, 0.4) is 0 Å². The van der Waals surface area contributed by atoms with Crippen molar-refractivity contribution in [3.8, 4) is 6.19 Å². The van der Waals surface area contributed by atoms with E-state index in [1.54, 1.807) is 30.6 Å². The van der Waals surface area contributed by atoms with Crippen molar-refractivity contribution < 1.29 is 9.28 Å². The monoisotopic (exact) mass is 489 g/mol. The lowest BCUT2D eigenvalue weighted by Gasteiger charge is -2.42. The van der Waals surface area contributed by atoms with Crippen molar-refractivity contribution in [3.63, 3.8) is 0 Å². The third kappa shape index (κ3) is 4.86. The average Bonchev–Trinajstić information content (AvgIpc) is 3.25. The molecule has 11 heteroatoms. The van der Waals surface area contributed by atoms with Gasteiger partial charge in [0.1, 0.15) is 30.4 Å². The number of H-pyrrole nitrogens is 1. The quantitative estimate of drug-likeness (QED) is 0.207. The Balaban J connectivity index is 1.53. The third-order valence-electron chi connectivity index (χ3n) is 6.69. The third-order valence-corrected chi connectivity index (χ3v) is 6.69. The molecule has 0 aliphatic carbocycles. The molecule has 0 radical (unpaired) electrons. The molecule has 11 nitrogen and oxygen atoms in total. The van der Waals surface area contributed by atoms with Gasteiger partial charge in [0.25, 0.3) is 5.91 Å². The van der Waals surface area contributed by atoms with Gasteiger partial charge >= 0.3 is 12.2 Å². The van der Waals surface area contributed by atoms with Crippen molar-refractivity contribution in [1.82, 2.24) is 25.2 Å². The number of nitrogens with two attached hydrogens (primary N) is 1. The number of hydrogen-bond acceptors (Lipinski definition) is 7. The number of nitrogens with one attached hydrogen (secondary N) is 2. The number of aromatic amines is 1. The highest BCUT2D eigenvalue weighted by Gasteiger charge is 2.45. The number of carbonyl (C=O) groups is 1. The van der Waals surface area contributed by atoms with Crippen LogP contribution in [0.25, 0.3) is 11.0 Å². The summed E-state index contributed by atoms with van der Waals surface area (Å²) in [5, 5.41) is 14.1. The predicted octanol–water partition coefficient (Wildman–Crippen LogP) is 1.71. The number of aromatic nitrogens is 3. The van der Waals surface area contributed by atoms with Crippen molar-refractivity contribution in [2.75, 3.05) is 51.7 Å². The summed E-state index contributed by atoms with van der Waals surface area (Å²) in [6.07, 6.45) is 5.89. The SMILES string of the molecule is Cc1c[nH]c2ncnc(N3CC[N@@+](C#N)(C(N)=Nc4cccc(C(=O)NCCN(C)C)c4)C(C)C3)c12. The van der Waals surface area contributed by atoms with Gasteiger partial charge in [-0.25, -0.2) is 9.97 Å². The van der Waals surface area contributed by atoms with Gasteiger partial charge in [0.05, 0.1) is 24.2 Å². The Morgan fingerprint density at radius 3 is 2.94 bits per heavy atom. The molecule has 1 fully saturated rings. The maximum absolute atomic E-state index is 12.5. The van der Waals surface area contributed by atoms with E-state index < -0.39 is 0 Å². The Hall–Kier alpha value is -4.01. The van der Waals surface area contributed by atoms with Gasteiger partial charge in [0, 0.05) is 24.8 Å². The summed E-state index contributed by atoms with van der Waals surface area (Å²) in [7, 11) is 3.91. The van der Waals surface area contributed by atoms with Crippen molar-refractivity contribution in [2.45, 2.75) is 19.9 Å². The number of guanidine groups is 1. The number of nitriles is 1. The fraction of sp³-hybridized carbons (Fsp3) is 0.400. The molecule has 1 aliphatic heterocycles. The molecule has 3 aromatic rings. The minimum absolute atomic E-state index is 0.101. The molecular formula is C25H33N10O+. The van der Waals surface area contributed by atoms with Gasteiger partial charge in [0.2, 0.25) is 0 Å². The van der Waals surface area contributed by atoms with Crippen LogP contribution in [0, 0.1) is 18.4 Å². The first-order valence-electron chi connectivity index (χ1n) is 12.0. The maximum Gasteiger partial charge on any atom is 0.317 e. The van der Waals surface area contributed by atoms with Crippen LogP contribution in [0.1, 0.15) is 22.8 Å². The molecule has 2 aromatic heterocycles. The number of quaternary nitrogens is 1. The number of piperazine rings is 1. The van der Waals surface area contributed by atoms with E-state index in [0.29, 0.717) is 37.4 Å². The normalized spacial score (nSPS) is 20.5. The van der Waals surface area contributed by atoms with Gasteiger partial charge in [-0.2, -0.15) is 9.48 Å². The Morgan fingerprint density at radius 2 is 2.22 bits per heavy atom. The second-order valence-corrected chi connectivity index (χ2v) is 9.46.